The van der Waals surface area contributed by atoms with Gasteiger partial charge in [-0.05, 0) is 49.9 Å². The number of benzene rings is 1. The molecular formula is C24H28F3N3O3. The maximum atomic E-state index is 13.3. The molecule has 9 heteroatoms. The Hall–Kier alpha value is -3.10. The van der Waals surface area contributed by atoms with Crippen LogP contribution >= 0.6 is 0 Å². The van der Waals surface area contributed by atoms with Gasteiger partial charge in [0.15, 0.2) is 0 Å². The van der Waals surface area contributed by atoms with Crippen molar-refractivity contribution >= 4 is 11.8 Å². The lowest BCUT2D eigenvalue weighted by Crippen LogP contribution is -2.37. The maximum Gasteiger partial charge on any atom is 0.416 e. The fraction of sp³-hybridized carbons (Fsp3) is 0.458. The molecule has 1 aromatic heterocycles. The largest absolute Gasteiger partial charge is 0.416 e. The first kappa shape index (κ1) is 24.5. The van der Waals surface area contributed by atoms with Gasteiger partial charge in [-0.3, -0.25) is 19.0 Å². The summed E-state index contributed by atoms with van der Waals surface area (Å²) in [4.78, 5) is 40.3. The lowest BCUT2D eigenvalue weighted by molar-refractivity contribution is -0.137. The Balaban J connectivity index is 2.09. The molecule has 0 unspecified atom stereocenters. The Morgan fingerprint density at radius 2 is 1.76 bits per heavy atom. The van der Waals surface area contributed by atoms with E-state index in [9.17, 15) is 27.6 Å². The van der Waals surface area contributed by atoms with Crippen molar-refractivity contribution in [3.63, 3.8) is 0 Å². The summed E-state index contributed by atoms with van der Waals surface area (Å²) in [5.41, 5.74) is -1.83. The monoisotopic (exact) mass is 463 g/mol. The van der Waals surface area contributed by atoms with Gasteiger partial charge in [0.25, 0.3) is 17.4 Å². The van der Waals surface area contributed by atoms with Crippen LogP contribution in [0.2, 0.25) is 0 Å². The third-order valence-corrected chi connectivity index (χ3v) is 6.04. The zero-order valence-corrected chi connectivity index (χ0v) is 19.0. The van der Waals surface area contributed by atoms with Crippen molar-refractivity contribution in [1.29, 1.82) is 0 Å². The number of hydrogen-bond acceptors (Lipinski definition) is 3. The molecule has 1 N–H and O–H groups in total. The van der Waals surface area contributed by atoms with Gasteiger partial charge in [-0.2, -0.15) is 13.2 Å². The summed E-state index contributed by atoms with van der Waals surface area (Å²) in [5, 5.41) is 2.78. The van der Waals surface area contributed by atoms with Crippen LogP contribution in [0.25, 0.3) is 5.69 Å². The molecule has 0 aliphatic heterocycles. The van der Waals surface area contributed by atoms with Crippen LogP contribution in [0.4, 0.5) is 13.2 Å². The smallest absolute Gasteiger partial charge is 0.352 e. The highest BCUT2D eigenvalue weighted by atomic mass is 19.4. The Morgan fingerprint density at radius 3 is 2.36 bits per heavy atom. The molecule has 0 radical (unpaired) electrons. The molecule has 178 valence electrons. The Morgan fingerprint density at radius 1 is 1.09 bits per heavy atom. The average molecular weight is 464 g/mol. The zero-order valence-electron chi connectivity index (χ0n) is 19.0. The molecule has 0 spiro atoms. The first-order valence-electron chi connectivity index (χ1n) is 10.9. The van der Waals surface area contributed by atoms with Crippen molar-refractivity contribution in [3.8, 4) is 5.69 Å². The van der Waals surface area contributed by atoms with E-state index in [1.807, 2.05) is 0 Å². The van der Waals surface area contributed by atoms with Gasteiger partial charge in [0.1, 0.15) is 5.56 Å². The molecule has 1 saturated carbocycles. The molecule has 0 bridgehead atoms. The molecule has 6 nitrogen and oxygen atoms in total. The van der Waals surface area contributed by atoms with Crippen molar-refractivity contribution in [1.82, 2.24) is 14.8 Å². The van der Waals surface area contributed by atoms with Gasteiger partial charge in [-0.15, -0.1) is 0 Å². The highest BCUT2D eigenvalue weighted by Crippen LogP contribution is 2.30. The van der Waals surface area contributed by atoms with Crippen LogP contribution in [-0.2, 0) is 6.18 Å². The molecule has 1 aliphatic rings. The number of hydrogen-bond donors (Lipinski definition) is 1. The van der Waals surface area contributed by atoms with Crippen LogP contribution in [0.3, 0.4) is 0 Å². The molecule has 0 atom stereocenters. The first-order valence-corrected chi connectivity index (χ1v) is 10.9. The van der Waals surface area contributed by atoms with Gasteiger partial charge in [-0.25, -0.2) is 0 Å². The summed E-state index contributed by atoms with van der Waals surface area (Å²) in [5.74, 6) is -0.782. The molecule has 1 heterocycles. The van der Waals surface area contributed by atoms with Crippen LogP contribution in [0.1, 0.15) is 64.1 Å². The molecule has 3 rings (SSSR count). The van der Waals surface area contributed by atoms with Gasteiger partial charge in [-0.1, -0.05) is 25.3 Å². The summed E-state index contributed by atoms with van der Waals surface area (Å²) in [6.07, 6.45) is 0.731. The second kappa shape index (κ2) is 9.80. The minimum Gasteiger partial charge on any atom is -0.352 e. The predicted molar refractivity (Wildman–Crippen MR) is 119 cm³/mol. The minimum atomic E-state index is -4.61. The van der Waals surface area contributed by atoms with E-state index >= 15 is 0 Å². The van der Waals surface area contributed by atoms with E-state index in [4.69, 9.17) is 0 Å². The Labute approximate surface area is 190 Å². The summed E-state index contributed by atoms with van der Waals surface area (Å²) in [6, 6.07) is 5.50. The van der Waals surface area contributed by atoms with Gasteiger partial charge in [0.2, 0.25) is 0 Å². The highest BCUT2D eigenvalue weighted by Gasteiger charge is 2.31. The maximum absolute atomic E-state index is 13.3. The molecule has 1 aromatic carbocycles. The van der Waals surface area contributed by atoms with Crippen LogP contribution in [0.15, 0.2) is 35.1 Å². The van der Waals surface area contributed by atoms with Crippen LogP contribution in [0.5, 0.6) is 0 Å². The number of carbonyl (C=O) groups is 2. The van der Waals surface area contributed by atoms with E-state index in [-0.39, 0.29) is 22.5 Å². The second-order valence-corrected chi connectivity index (χ2v) is 8.66. The van der Waals surface area contributed by atoms with Gasteiger partial charge < -0.3 is 10.2 Å². The van der Waals surface area contributed by atoms with Crippen LogP contribution in [-0.4, -0.2) is 41.9 Å². The van der Waals surface area contributed by atoms with E-state index in [0.29, 0.717) is 12.5 Å². The summed E-state index contributed by atoms with van der Waals surface area (Å²) >= 11 is 0. The zero-order chi connectivity index (χ0) is 24.3. The van der Waals surface area contributed by atoms with Crippen molar-refractivity contribution in [2.75, 3.05) is 20.6 Å². The second-order valence-electron chi connectivity index (χ2n) is 8.66. The topological polar surface area (TPSA) is 71.4 Å². The van der Waals surface area contributed by atoms with Crippen molar-refractivity contribution in [2.45, 2.75) is 45.2 Å². The van der Waals surface area contributed by atoms with Crippen LogP contribution in [0, 0.1) is 12.8 Å². The lowest BCUT2D eigenvalue weighted by Gasteiger charge is -2.22. The van der Waals surface area contributed by atoms with Gasteiger partial charge in [0.05, 0.1) is 11.1 Å². The molecular weight excluding hydrogens is 435 g/mol. The lowest BCUT2D eigenvalue weighted by atomic mass is 9.89. The summed E-state index contributed by atoms with van der Waals surface area (Å²) < 4.78 is 40.8. The number of rotatable bonds is 5. The van der Waals surface area contributed by atoms with Gasteiger partial charge >= 0.3 is 6.18 Å². The van der Waals surface area contributed by atoms with E-state index in [1.165, 1.54) is 50.5 Å². The number of aromatic nitrogens is 1. The third kappa shape index (κ3) is 5.46. The van der Waals surface area contributed by atoms with E-state index in [1.54, 1.807) is 0 Å². The van der Waals surface area contributed by atoms with E-state index in [0.717, 1.165) is 42.4 Å². The van der Waals surface area contributed by atoms with E-state index < -0.39 is 29.1 Å². The van der Waals surface area contributed by atoms with Crippen LogP contribution < -0.4 is 10.9 Å². The number of amides is 2. The molecule has 33 heavy (non-hydrogen) atoms. The minimum absolute atomic E-state index is 0.0675. The average Bonchev–Trinajstić information content (AvgIpc) is 2.77. The standard InChI is InChI=1S/C24H28F3N3O3/c1-15-19(22(32)29(2)3)13-20(21(31)28-14-16-8-5-4-6-9-16)23(33)30(15)18-11-7-10-17(12-18)24(25,26)27/h7,10-13,16H,4-6,8-9,14H2,1-3H3,(H,28,31). The molecule has 2 amide bonds. The molecule has 0 saturated heterocycles. The molecule has 2 aromatic rings. The normalized spacial score (nSPS) is 14.7. The summed E-state index contributed by atoms with van der Waals surface area (Å²) in [7, 11) is 3.04. The number of alkyl halides is 3. The highest BCUT2D eigenvalue weighted by molar-refractivity contribution is 6.00. The SMILES string of the molecule is Cc1c(C(=O)N(C)C)cc(C(=O)NCC2CCCCC2)c(=O)n1-c1cccc(C(F)(F)F)c1. The van der Waals surface area contributed by atoms with Crippen molar-refractivity contribution < 1.29 is 22.8 Å². The number of pyridine rings is 1. The van der Waals surface area contributed by atoms with Crippen molar-refractivity contribution in [3.05, 3.63) is 63.1 Å². The molecule has 1 fully saturated rings. The van der Waals surface area contributed by atoms with E-state index in [2.05, 4.69) is 5.32 Å². The number of carbonyl (C=O) groups excluding carboxylic acids is 2. The van der Waals surface area contributed by atoms with Gasteiger partial charge in [0, 0.05) is 32.0 Å². The fourth-order valence-corrected chi connectivity index (χ4v) is 4.18. The quantitative estimate of drug-likeness (QED) is 0.723. The number of halogens is 3. The molecule has 1 aliphatic carbocycles. The van der Waals surface area contributed by atoms with Crippen molar-refractivity contribution in [2.24, 2.45) is 5.92 Å². The Kier molecular flexibility index (Phi) is 7.29. The number of nitrogens with zero attached hydrogens (tertiary/aromatic N) is 2. The first-order chi connectivity index (χ1) is 15.5. The third-order valence-electron chi connectivity index (χ3n) is 6.04. The Bertz CT molecular complexity index is 1100. The summed E-state index contributed by atoms with van der Waals surface area (Å²) in [6.45, 7) is 1.88. The fourth-order valence-electron chi connectivity index (χ4n) is 4.18. The number of nitrogens with one attached hydrogen (secondary N) is 1. The predicted octanol–water partition coefficient (Wildman–Crippen LogP) is 4.18.